The van der Waals surface area contributed by atoms with Crippen molar-refractivity contribution < 1.29 is 18.0 Å². The Balaban J connectivity index is 2.25. The molecule has 1 saturated carbocycles. The summed E-state index contributed by atoms with van der Waals surface area (Å²) in [5.41, 5.74) is -1.08. The van der Waals surface area contributed by atoms with E-state index in [4.69, 9.17) is 0 Å². The van der Waals surface area contributed by atoms with Crippen LogP contribution in [0.4, 0.5) is 13.2 Å². The Hall–Kier alpha value is -1.52. The number of carbonyl (C=O) groups is 1. The summed E-state index contributed by atoms with van der Waals surface area (Å²) < 4.78 is 39.1. The first-order valence-electron chi connectivity index (χ1n) is 7.28. The van der Waals surface area contributed by atoms with Gasteiger partial charge in [-0.05, 0) is 37.3 Å². The minimum atomic E-state index is -4.50. The van der Waals surface area contributed by atoms with Gasteiger partial charge in [0, 0.05) is 12.6 Å². The van der Waals surface area contributed by atoms with Crippen LogP contribution in [0.3, 0.4) is 0 Å². The molecule has 0 bridgehead atoms. The SMILES string of the molecule is CC(C)CCN(C(=O)c1ccccc1C(F)(F)F)C1CC1. The lowest BCUT2D eigenvalue weighted by atomic mass is 10.0. The summed E-state index contributed by atoms with van der Waals surface area (Å²) in [6.45, 7) is 4.60. The normalized spacial score (nSPS) is 15.3. The molecule has 1 aliphatic rings. The van der Waals surface area contributed by atoms with Crippen LogP contribution in [-0.4, -0.2) is 23.4 Å². The fourth-order valence-electron chi connectivity index (χ4n) is 2.30. The van der Waals surface area contributed by atoms with Crippen molar-refractivity contribution in [3.63, 3.8) is 0 Å². The highest BCUT2D eigenvalue weighted by Gasteiger charge is 2.38. The molecule has 1 aliphatic carbocycles. The van der Waals surface area contributed by atoms with Gasteiger partial charge < -0.3 is 4.90 Å². The molecule has 0 aliphatic heterocycles. The predicted octanol–water partition coefficient (Wildman–Crippen LogP) is 4.36. The van der Waals surface area contributed by atoms with E-state index in [-0.39, 0.29) is 11.6 Å². The quantitative estimate of drug-likeness (QED) is 0.791. The van der Waals surface area contributed by atoms with Crippen molar-refractivity contribution in [1.29, 1.82) is 0 Å². The van der Waals surface area contributed by atoms with Crippen LogP contribution in [0.15, 0.2) is 24.3 Å². The highest BCUT2D eigenvalue weighted by Crippen LogP contribution is 2.34. The third kappa shape index (κ3) is 3.99. The third-order valence-corrected chi connectivity index (χ3v) is 3.66. The lowest BCUT2D eigenvalue weighted by Crippen LogP contribution is -2.35. The summed E-state index contributed by atoms with van der Waals surface area (Å²) in [5, 5.41) is 0. The molecule has 0 unspecified atom stereocenters. The number of nitrogens with zero attached hydrogens (tertiary/aromatic N) is 1. The molecule has 116 valence electrons. The Bertz CT molecular complexity index is 506. The molecule has 2 rings (SSSR count). The second-order valence-corrected chi connectivity index (χ2v) is 5.96. The largest absolute Gasteiger partial charge is 0.417 e. The van der Waals surface area contributed by atoms with Gasteiger partial charge >= 0.3 is 6.18 Å². The molecule has 5 heteroatoms. The second-order valence-electron chi connectivity index (χ2n) is 5.96. The topological polar surface area (TPSA) is 20.3 Å². The van der Waals surface area contributed by atoms with Crippen molar-refractivity contribution in [2.75, 3.05) is 6.54 Å². The zero-order valence-electron chi connectivity index (χ0n) is 12.3. The maximum atomic E-state index is 13.0. The smallest absolute Gasteiger partial charge is 0.336 e. The van der Waals surface area contributed by atoms with E-state index in [9.17, 15) is 18.0 Å². The van der Waals surface area contributed by atoms with Crippen molar-refractivity contribution >= 4 is 5.91 Å². The zero-order valence-corrected chi connectivity index (χ0v) is 12.3. The van der Waals surface area contributed by atoms with Crippen LogP contribution in [-0.2, 0) is 6.18 Å². The standard InChI is InChI=1S/C16H20F3NO/c1-11(2)9-10-20(12-7-8-12)15(21)13-5-3-4-6-14(13)16(17,18)19/h3-6,11-12H,7-10H2,1-2H3. The lowest BCUT2D eigenvalue weighted by molar-refractivity contribution is -0.138. The third-order valence-electron chi connectivity index (χ3n) is 3.66. The first-order valence-corrected chi connectivity index (χ1v) is 7.28. The van der Waals surface area contributed by atoms with E-state index < -0.39 is 17.6 Å². The van der Waals surface area contributed by atoms with E-state index in [1.165, 1.54) is 18.2 Å². The first kappa shape index (κ1) is 15.9. The Kier molecular flexibility index (Phi) is 4.59. The molecule has 0 heterocycles. The first-order chi connectivity index (χ1) is 9.80. The minimum Gasteiger partial charge on any atom is -0.336 e. The Morgan fingerprint density at radius 1 is 1.29 bits per heavy atom. The number of rotatable bonds is 5. The molecular weight excluding hydrogens is 279 g/mol. The van der Waals surface area contributed by atoms with Gasteiger partial charge in [0.25, 0.3) is 5.91 Å². The average Bonchev–Trinajstić information content (AvgIpc) is 3.22. The van der Waals surface area contributed by atoms with Crippen molar-refractivity contribution in [1.82, 2.24) is 4.90 Å². The zero-order chi connectivity index (χ0) is 15.6. The molecule has 0 atom stereocenters. The van der Waals surface area contributed by atoms with Crippen LogP contribution in [0, 0.1) is 5.92 Å². The van der Waals surface area contributed by atoms with Gasteiger partial charge in [0.15, 0.2) is 0 Å². The number of alkyl halides is 3. The summed E-state index contributed by atoms with van der Waals surface area (Å²) in [4.78, 5) is 14.1. The maximum absolute atomic E-state index is 13.0. The monoisotopic (exact) mass is 299 g/mol. The van der Waals surface area contributed by atoms with Crippen molar-refractivity contribution in [3.8, 4) is 0 Å². The highest BCUT2D eigenvalue weighted by molar-refractivity contribution is 5.96. The van der Waals surface area contributed by atoms with E-state index >= 15 is 0 Å². The molecule has 0 aromatic heterocycles. The minimum absolute atomic E-state index is 0.109. The molecule has 0 saturated heterocycles. The molecule has 0 radical (unpaired) electrons. The van der Waals surface area contributed by atoms with Gasteiger partial charge in [-0.2, -0.15) is 13.2 Å². The van der Waals surface area contributed by atoms with Crippen LogP contribution in [0.25, 0.3) is 0 Å². The van der Waals surface area contributed by atoms with Crippen molar-refractivity contribution in [2.24, 2.45) is 5.92 Å². The fraction of sp³-hybridized carbons (Fsp3) is 0.562. The number of amides is 1. The summed E-state index contributed by atoms with van der Waals surface area (Å²) in [6.07, 6.45) is -1.92. The molecule has 0 N–H and O–H groups in total. The maximum Gasteiger partial charge on any atom is 0.417 e. The predicted molar refractivity (Wildman–Crippen MR) is 75.0 cm³/mol. The van der Waals surface area contributed by atoms with Gasteiger partial charge in [0.2, 0.25) is 0 Å². The fourth-order valence-corrected chi connectivity index (χ4v) is 2.30. The van der Waals surface area contributed by atoms with Crippen LogP contribution in [0.5, 0.6) is 0 Å². The molecule has 1 aromatic rings. The van der Waals surface area contributed by atoms with E-state index in [1.807, 2.05) is 13.8 Å². The molecule has 21 heavy (non-hydrogen) atoms. The van der Waals surface area contributed by atoms with Gasteiger partial charge in [-0.15, -0.1) is 0 Å². The van der Waals surface area contributed by atoms with Crippen LogP contribution in [0.1, 0.15) is 49.0 Å². The summed E-state index contributed by atoms with van der Waals surface area (Å²) in [6, 6.07) is 5.15. The molecular formula is C16H20F3NO. The summed E-state index contributed by atoms with van der Waals surface area (Å²) >= 11 is 0. The summed E-state index contributed by atoms with van der Waals surface area (Å²) in [7, 11) is 0. The van der Waals surface area contributed by atoms with Gasteiger partial charge in [-0.25, -0.2) is 0 Å². The highest BCUT2D eigenvalue weighted by atomic mass is 19.4. The number of hydrogen-bond acceptors (Lipinski definition) is 1. The van der Waals surface area contributed by atoms with Gasteiger partial charge in [-0.1, -0.05) is 26.0 Å². The van der Waals surface area contributed by atoms with Gasteiger partial charge in [-0.3, -0.25) is 4.79 Å². The van der Waals surface area contributed by atoms with E-state index in [0.29, 0.717) is 12.5 Å². The number of hydrogen-bond donors (Lipinski definition) is 0. The number of benzene rings is 1. The van der Waals surface area contributed by atoms with Gasteiger partial charge in [0.05, 0.1) is 11.1 Å². The van der Waals surface area contributed by atoms with E-state index in [1.54, 1.807) is 4.90 Å². The molecule has 2 nitrogen and oxygen atoms in total. The van der Waals surface area contributed by atoms with E-state index in [0.717, 1.165) is 25.3 Å². The second kappa shape index (κ2) is 6.08. The van der Waals surface area contributed by atoms with Crippen LogP contribution < -0.4 is 0 Å². The molecule has 1 fully saturated rings. The van der Waals surface area contributed by atoms with E-state index in [2.05, 4.69) is 0 Å². The average molecular weight is 299 g/mol. The number of halogens is 3. The Labute approximate surface area is 122 Å². The van der Waals surface area contributed by atoms with Crippen LogP contribution >= 0.6 is 0 Å². The van der Waals surface area contributed by atoms with Crippen LogP contribution in [0.2, 0.25) is 0 Å². The number of carbonyl (C=O) groups excluding carboxylic acids is 1. The van der Waals surface area contributed by atoms with Crippen molar-refractivity contribution in [2.45, 2.75) is 45.3 Å². The Morgan fingerprint density at radius 3 is 2.43 bits per heavy atom. The molecule has 1 amide bonds. The summed E-state index contributed by atoms with van der Waals surface area (Å²) in [5.74, 6) is -0.0806. The molecule has 0 spiro atoms. The van der Waals surface area contributed by atoms with Crippen molar-refractivity contribution in [3.05, 3.63) is 35.4 Å². The lowest BCUT2D eigenvalue weighted by Gasteiger charge is -2.25. The van der Waals surface area contributed by atoms with Gasteiger partial charge in [0.1, 0.15) is 0 Å². The Morgan fingerprint density at radius 2 is 1.90 bits per heavy atom. The molecule has 1 aromatic carbocycles.